The van der Waals surface area contributed by atoms with E-state index in [0.717, 1.165) is 10.7 Å². The Kier molecular flexibility index (Phi) is 5.92. The number of hydrogen-bond acceptors (Lipinski definition) is 5. The van der Waals surface area contributed by atoms with Crippen molar-refractivity contribution in [3.63, 3.8) is 0 Å². The Labute approximate surface area is 160 Å². The number of pyridine rings is 1. The van der Waals surface area contributed by atoms with E-state index in [4.69, 9.17) is 6.42 Å². The molecule has 7 heteroatoms. The molecule has 0 aliphatic heterocycles. The lowest BCUT2D eigenvalue weighted by Gasteiger charge is -2.10. The molecular formula is C20H16N4O2S. The largest absolute Gasteiger partial charge is 0.341 e. The van der Waals surface area contributed by atoms with Crippen LogP contribution in [0, 0.1) is 12.3 Å². The molecule has 0 unspecified atom stereocenters. The van der Waals surface area contributed by atoms with Gasteiger partial charge in [0.2, 0.25) is 5.91 Å². The lowest BCUT2D eigenvalue weighted by molar-refractivity contribution is -0.115. The number of terminal acetylenes is 1. The summed E-state index contributed by atoms with van der Waals surface area (Å²) in [6.07, 6.45) is 6.96. The first-order valence-electron chi connectivity index (χ1n) is 8.13. The number of carbonyl (C=O) groups excluding carboxylic acids is 2. The summed E-state index contributed by atoms with van der Waals surface area (Å²) >= 11 is 1.43. The van der Waals surface area contributed by atoms with Crippen LogP contribution in [-0.4, -0.2) is 28.3 Å². The highest BCUT2D eigenvalue weighted by atomic mass is 32.1. The van der Waals surface area contributed by atoms with Crippen molar-refractivity contribution in [2.24, 2.45) is 0 Å². The predicted molar refractivity (Wildman–Crippen MR) is 105 cm³/mol. The molecule has 0 bridgehead atoms. The number of amides is 2. The second kappa shape index (κ2) is 8.74. The molecule has 0 aliphatic rings. The molecule has 0 radical (unpaired) electrons. The molecule has 6 nitrogen and oxygen atoms in total. The van der Waals surface area contributed by atoms with Gasteiger partial charge in [-0.2, -0.15) is 0 Å². The summed E-state index contributed by atoms with van der Waals surface area (Å²) in [6.45, 7) is 0.121. The molecule has 2 heterocycles. The van der Waals surface area contributed by atoms with Crippen molar-refractivity contribution in [2.45, 2.75) is 6.42 Å². The minimum absolute atomic E-state index is 0.101. The van der Waals surface area contributed by atoms with Gasteiger partial charge in [0, 0.05) is 11.6 Å². The van der Waals surface area contributed by atoms with E-state index in [0.29, 0.717) is 16.9 Å². The minimum atomic E-state index is -0.338. The highest BCUT2D eigenvalue weighted by molar-refractivity contribution is 7.13. The number of thiazole rings is 1. The number of aromatic nitrogens is 2. The molecule has 2 N–H and O–H groups in total. The smallest absolute Gasteiger partial charge is 0.254 e. The molecule has 0 fully saturated rings. The number of para-hydroxylation sites is 1. The van der Waals surface area contributed by atoms with Crippen LogP contribution >= 0.6 is 11.3 Å². The van der Waals surface area contributed by atoms with Gasteiger partial charge in [-0.1, -0.05) is 24.1 Å². The van der Waals surface area contributed by atoms with Crippen LogP contribution in [0.25, 0.3) is 10.7 Å². The van der Waals surface area contributed by atoms with Crippen LogP contribution in [0.4, 0.5) is 5.69 Å². The maximum atomic E-state index is 12.4. The van der Waals surface area contributed by atoms with E-state index in [9.17, 15) is 9.59 Å². The summed E-state index contributed by atoms with van der Waals surface area (Å²) in [7, 11) is 0. The normalized spacial score (nSPS) is 10.0. The molecule has 27 heavy (non-hydrogen) atoms. The molecule has 0 saturated carbocycles. The van der Waals surface area contributed by atoms with E-state index in [1.54, 1.807) is 30.5 Å². The van der Waals surface area contributed by atoms with Gasteiger partial charge in [0.05, 0.1) is 35.6 Å². The summed E-state index contributed by atoms with van der Waals surface area (Å²) in [5.41, 5.74) is 2.20. The molecule has 0 atom stereocenters. The average molecular weight is 376 g/mol. The Balaban J connectivity index is 1.68. The van der Waals surface area contributed by atoms with E-state index in [1.807, 2.05) is 23.6 Å². The maximum absolute atomic E-state index is 12.4. The van der Waals surface area contributed by atoms with E-state index in [2.05, 4.69) is 26.5 Å². The molecule has 0 aliphatic carbocycles. The standard InChI is InChI=1S/C20H16N4O2S/c1-2-10-22-19(26)15-7-3-4-8-16(15)24-18(25)12-14-13-27-20(23-14)17-9-5-6-11-21-17/h1,3-9,11,13H,10,12H2,(H,22,26)(H,24,25). The minimum Gasteiger partial charge on any atom is -0.341 e. The zero-order chi connectivity index (χ0) is 19.1. The Morgan fingerprint density at radius 3 is 2.74 bits per heavy atom. The van der Waals surface area contributed by atoms with Crippen molar-refractivity contribution in [1.29, 1.82) is 0 Å². The van der Waals surface area contributed by atoms with Crippen LogP contribution in [0.2, 0.25) is 0 Å². The van der Waals surface area contributed by atoms with Crippen molar-refractivity contribution in [3.8, 4) is 23.0 Å². The molecule has 2 aromatic heterocycles. The Morgan fingerprint density at radius 1 is 1.15 bits per heavy atom. The number of rotatable bonds is 6. The molecule has 2 amide bonds. The zero-order valence-corrected chi connectivity index (χ0v) is 15.1. The third kappa shape index (κ3) is 4.77. The first-order valence-corrected chi connectivity index (χ1v) is 9.01. The van der Waals surface area contributed by atoms with Gasteiger partial charge < -0.3 is 10.6 Å². The van der Waals surface area contributed by atoms with Gasteiger partial charge in [-0.05, 0) is 24.3 Å². The molecule has 3 rings (SSSR count). The van der Waals surface area contributed by atoms with E-state index < -0.39 is 0 Å². The van der Waals surface area contributed by atoms with Crippen molar-refractivity contribution in [2.75, 3.05) is 11.9 Å². The molecule has 0 saturated heterocycles. The van der Waals surface area contributed by atoms with Crippen LogP contribution < -0.4 is 10.6 Å². The number of benzene rings is 1. The first-order chi connectivity index (χ1) is 13.2. The summed E-state index contributed by atoms with van der Waals surface area (Å²) in [5, 5.41) is 7.94. The molecule has 0 spiro atoms. The van der Waals surface area contributed by atoms with Crippen LogP contribution in [0.15, 0.2) is 54.0 Å². The quantitative estimate of drug-likeness (QED) is 0.648. The number of nitrogens with zero attached hydrogens (tertiary/aromatic N) is 2. The van der Waals surface area contributed by atoms with Gasteiger partial charge in [-0.25, -0.2) is 4.98 Å². The van der Waals surface area contributed by atoms with Gasteiger partial charge in [-0.3, -0.25) is 14.6 Å². The van der Waals surface area contributed by atoms with Crippen LogP contribution in [0.5, 0.6) is 0 Å². The van der Waals surface area contributed by atoms with Gasteiger partial charge >= 0.3 is 0 Å². The third-order valence-electron chi connectivity index (χ3n) is 3.57. The van der Waals surface area contributed by atoms with Crippen LogP contribution in [0.3, 0.4) is 0 Å². The summed E-state index contributed by atoms with van der Waals surface area (Å²) in [6, 6.07) is 12.4. The van der Waals surface area contributed by atoms with Crippen molar-refractivity contribution in [3.05, 3.63) is 65.3 Å². The van der Waals surface area contributed by atoms with E-state index in [1.165, 1.54) is 11.3 Å². The van der Waals surface area contributed by atoms with E-state index in [-0.39, 0.29) is 24.8 Å². The number of anilines is 1. The monoisotopic (exact) mass is 376 g/mol. The molecule has 1 aromatic carbocycles. The summed E-state index contributed by atoms with van der Waals surface area (Å²) < 4.78 is 0. The van der Waals surface area contributed by atoms with Gasteiger partial charge in [0.25, 0.3) is 5.91 Å². The second-order valence-electron chi connectivity index (χ2n) is 5.52. The number of nitrogens with one attached hydrogen (secondary N) is 2. The lowest BCUT2D eigenvalue weighted by Crippen LogP contribution is -2.25. The van der Waals surface area contributed by atoms with Gasteiger partial charge in [0.1, 0.15) is 5.01 Å². The van der Waals surface area contributed by atoms with E-state index >= 15 is 0 Å². The lowest BCUT2D eigenvalue weighted by atomic mass is 10.1. The average Bonchev–Trinajstić information content (AvgIpc) is 3.15. The Hall–Kier alpha value is -3.50. The van der Waals surface area contributed by atoms with Gasteiger partial charge in [-0.15, -0.1) is 17.8 Å². The fourth-order valence-corrected chi connectivity index (χ4v) is 3.17. The predicted octanol–water partition coefficient (Wildman–Crippen LogP) is 2.75. The van der Waals surface area contributed by atoms with Crippen molar-refractivity contribution < 1.29 is 9.59 Å². The number of carbonyl (C=O) groups is 2. The SMILES string of the molecule is C#CCNC(=O)c1ccccc1NC(=O)Cc1csc(-c2ccccn2)n1. The Bertz CT molecular complexity index is 992. The van der Waals surface area contributed by atoms with Gasteiger partial charge in [0.15, 0.2) is 0 Å². The third-order valence-corrected chi connectivity index (χ3v) is 4.49. The topological polar surface area (TPSA) is 84.0 Å². The maximum Gasteiger partial charge on any atom is 0.254 e. The Morgan fingerprint density at radius 2 is 1.96 bits per heavy atom. The summed E-state index contributed by atoms with van der Waals surface area (Å²) in [5.74, 6) is 1.75. The zero-order valence-electron chi connectivity index (χ0n) is 14.3. The first kappa shape index (κ1) is 18.3. The molecule has 134 valence electrons. The second-order valence-corrected chi connectivity index (χ2v) is 6.37. The van der Waals surface area contributed by atoms with Crippen LogP contribution in [0.1, 0.15) is 16.1 Å². The molecule has 3 aromatic rings. The van der Waals surface area contributed by atoms with Crippen molar-refractivity contribution in [1.82, 2.24) is 15.3 Å². The fourth-order valence-electron chi connectivity index (χ4n) is 2.37. The highest BCUT2D eigenvalue weighted by Gasteiger charge is 2.14. The summed E-state index contributed by atoms with van der Waals surface area (Å²) in [4.78, 5) is 33.2. The number of hydrogen-bond donors (Lipinski definition) is 2. The van der Waals surface area contributed by atoms with Crippen molar-refractivity contribution >= 4 is 28.8 Å². The fraction of sp³-hybridized carbons (Fsp3) is 0.100. The van der Waals surface area contributed by atoms with Crippen LogP contribution in [-0.2, 0) is 11.2 Å². The highest BCUT2D eigenvalue weighted by Crippen LogP contribution is 2.22. The molecular weight excluding hydrogens is 360 g/mol.